The van der Waals surface area contributed by atoms with Crippen LogP contribution in [0.2, 0.25) is 0 Å². The van der Waals surface area contributed by atoms with Crippen LogP contribution in [0.5, 0.6) is 0 Å². The first kappa shape index (κ1) is 60.6. The van der Waals surface area contributed by atoms with Crippen molar-refractivity contribution in [3.63, 3.8) is 0 Å². The summed E-state index contributed by atoms with van der Waals surface area (Å²) in [5, 5.41) is 13.9. The lowest BCUT2D eigenvalue weighted by molar-refractivity contribution is -0.150. The van der Waals surface area contributed by atoms with Gasteiger partial charge < -0.3 is 30.5 Å². The van der Waals surface area contributed by atoms with Crippen molar-refractivity contribution in [1.82, 2.24) is 29.7 Å². The van der Waals surface area contributed by atoms with E-state index in [4.69, 9.17) is 15.2 Å². The third-order valence-corrected chi connectivity index (χ3v) is 13.1. The van der Waals surface area contributed by atoms with Gasteiger partial charge in [-0.3, -0.25) is 19.4 Å². The van der Waals surface area contributed by atoms with Gasteiger partial charge in [0, 0.05) is 25.9 Å². The quantitative estimate of drug-likeness (QED) is 0.0364. The van der Waals surface area contributed by atoms with E-state index in [0.717, 1.165) is 109 Å². The van der Waals surface area contributed by atoms with Gasteiger partial charge in [0.15, 0.2) is 11.2 Å². The van der Waals surface area contributed by atoms with Gasteiger partial charge in [0.25, 0.3) is 5.56 Å². The number of carbonyl (C=O) groups is 3. The number of aromatic amines is 1. The summed E-state index contributed by atoms with van der Waals surface area (Å²) in [7, 11) is 0. The molecule has 0 bridgehead atoms. The molecule has 0 saturated heterocycles. The van der Waals surface area contributed by atoms with E-state index in [1.54, 1.807) is 0 Å². The van der Waals surface area contributed by atoms with Gasteiger partial charge in [0.05, 0.1) is 12.7 Å². The molecule has 0 aliphatic heterocycles. The van der Waals surface area contributed by atoms with Crippen molar-refractivity contribution < 1.29 is 29.0 Å². The number of fused-ring (bicyclic) bond motifs is 1. The molecule has 2 heterocycles. The molecule has 2 aromatic heterocycles. The maximum atomic E-state index is 12.9. The molecule has 0 spiro atoms. The van der Waals surface area contributed by atoms with Crippen LogP contribution >= 0.6 is 0 Å². The van der Waals surface area contributed by atoms with Gasteiger partial charge in [-0.2, -0.15) is 4.98 Å². The van der Waals surface area contributed by atoms with E-state index in [2.05, 4.69) is 45.9 Å². The van der Waals surface area contributed by atoms with Crippen LogP contribution < -0.4 is 16.6 Å². The van der Waals surface area contributed by atoms with Crippen molar-refractivity contribution in [1.29, 1.82) is 0 Å². The second-order valence-corrected chi connectivity index (χ2v) is 19.5. The average molecular weight is 958 g/mol. The Labute approximate surface area is 411 Å². The molecule has 1 atom stereocenters. The van der Waals surface area contributed by atoms with Crippen LogP contribution in [0.25, 0.3) is 11.2 Å². The minimum Gasteiger partial charge on any atom is -0.466 e. The molecule has 0 radical (unpaired) electrons. The van der Waals surface area contributed by atoms with Gasteiger partial charge in [-0.1, -0.05) is 162 Å². The van der Waals surface area contributed by atoms with E-state index in [1.807, 2.05) is 0 Å². The van der Waals surface area contributed by atoms with Gasteiger partial charge in [0.2, 0.25) is 5.95 Å². The lowest BCUT2D eigenvalue weighted by Crippen LogP contribution is -2.34. The summed E-state index contributed by atoms with van der Waals surface area (Å²) in [5.41, 5.74) is 5.31. The number of nitrogens with one attached hydrogen (secondary N) is 2. The molecule has 14 heteroatoms. The first-order chi connectivity index (χ1) is 33.2. The van der Waals surface area contributed by atoms with Crippen molar-refractivity contribution in [3.8, 4) is 0 Å². The molecule has 2 rings (SSSR count). The highest BCUT2D eigenvalue weighted by Gasteiger charge is 2.17. The Bertz CT molecular complexity index is 1600. The number of aromatic nitrogens is 4. The molecule has 0 aliphatic carbocycles. The van der Waals surface area contributed by atoms with Crippen LogP contribution in [0.4, 0.5) is 10.7 Å². The molecule has 14 nitrogen and oxygen atoms in total. The fourth-order valence-corrected chi connectivity index (χ4v) is 8.94. The molecule has 2 aromatic rings. The van der Waals surface area contributed by atoms with E-state index in [9.17, 15) is 24.3 Å². The summed E-state index contributed by atoms with van der Waals surface area (Å²) in [6, 6.07) is -0.449. The molecule has 1 unspecified atom stereocenters. The van der Waals surface area contributed by atoms with Crippen molar-refractivity contribution in [2.75, 3.05) is 38.5 Å². The summed E-state index contributed by atoms with van der Waals surface area (Å²) in [6.45, 7) is 9.96. The normalized spacial score (nSPS) is 12.1. The first-order valence-electron chi connectivity index (χ1n) is 27.9. The highest BCUT2D eigenvalue weighted by Crippen LogP contribution is 2.19. The Morgan fingerprint density at radius 2 is 1.15 bits per heavy atom. The summed E-state index contributed by atoms with van der Waals surface area (Å²) in [4.78, 5) is 63.0. The highest BCUT2D eigenvalue weighted by atomic mass is 16.5. The predicted molar refractivity (Wildman–Crippen MR) is 278 cm³/mol. The van der Waals surface area contributed by atoms with Gasteiger partial charge in [-0.15, -0.1) is 0 Å². The number of rotatable bonds is 46. The Morgan fingerprint density at radius 3 is 1.74 bits per heavy atom. The number of nitrogens with zero attached hydrogens (tertiary/aromatic N) is 4. The minimum absolute atomic E-state index is 0.0332. The Kier molecular flexibility index (Phi) is 36.8. The largest absolute Gasteiger partial charge is 0.466 e. The smallest absolute Gasteiger partial charge is 0.328 e. The van der Waals surface area contributed by atoms with Crippen LogP contribution in [-0.4, -0.2) is 92.5 Å². The Hall–Kier alpha value is -3.52. The van der Waals surface area contributed by atoms with E-state index in [0.29, 0.717) is 45.4 Å². The molecule has 0 aromatic carbocycles. The molecular formula is C54H99N7O7. The number of ether oxygens (including phenoxy) is 2. The zero-order chi connectivity index (χ0) is 49.3. The molecule has 0 fully saturated rings. The number of hydrogen-bond acceptors (Lipinski definition) is 11. The minimum atomic E-state index is -0.504. The van der Waals surface area contributed by atoms with Crippen LogP contribution in [0.3, 0.4) is 0 Å². The number of esters is 2. The third-order valence-electron chi connectivity index (χ3n) is 13.1. The number of anilines is 1. The lowest BCUT2D eigenvalue weighted by atomic mass is 10.0. The van der Waals surface area contributed by atoms with Gasteiger partial charge in [-0.05, 0) is 90.1 Å². The molecule has 68 heavy (non-hydrogen) atoms. The standard InChI is InChI=1S/C54H99N7O7/c1-4-7-10-13-16-17-18-24-34-43-67-48(63)38-29-25-33-42-60(44-46(62)35-30-31-40-56-54(66)61-45-57-50-51(61)58-53(55)59-52(50)65)41-32-23-19-22-28-39-49(64)68-47(36-26-20-14-11-8-5-2)37-27-21-15-12-9-6-3/h45-47,62H,4-44H2,1-3H3,(H,56,66)(H3,55,58,59,65). The molecule has 0 saturated carbocycles. The lowest BCUT2D eigenvalue weighted by Gasteiger charge is -2.25. The summed E-state index contributed by atoms with van der Waals surface area (Å²) in [5.74, 6) is -0.221. The zero-order valence-electron chi connectivity index (χ0n) is 43.5. The van der Waals surface area contributed by atoms with Gasteiger partial charge in [-0.25, -0.2) is 14.3 Å². The number of H-pyrrole nitrogens is 1. The van der Waals surface area contributed by atoms with Crippen molar-refractivity contribution in [2.45, 2.75) is 264 Å². The van der Waals surface area contributed by atoms with E-state index in [-0.39, 0.29) is 35.2 Å². The number of nitrogen functional groups attached to an aromatic ring is 1. The number of carbonyl (C=O) groups excluding carboxylic acids is 3. The fourth-order valence-electron chi connectivity index (χ4n) is 8.94. The average Bonchev–Trinajstić information content (AvgIpc) is 3.75. The number of imidazole rings is 1. The Balaban J connectivity index is 1.74. The summed E-state index contributed by atoms with van der Waals surface area (Å²) in [6.07, 6.45) is 39.6. The number of unbranched alkanes of at least 4 members (excludes halogenated alkanes) is 25. The second kappa shape index (κ2) is 41.3. The summed E-state index contributed by atoms with van der Waals surface area (Å²) >= 11 is 0. The van der Waals surface area contributed by atoms with Crippen LogP contribution in [-0.2, 0) is 19.1 Å². The molecule has 0 aliphatic rings. The maximum absolute atomic E-state index is 12.9. The third kappa shape index (κ3) is 30.9. The number of aliphatic hydroxyl groups is 1. The SMILES string of the molecule is CCCCCCCCCCCOC(=O)CCCCCN(CCCCCCCC(=O)OC(CCCCCCCC)CCCCCCCC)CC(O)CCCCNC(=O)n1cnc2c(=O)[nH]c(N)nc21. The molecular weight excluding hydrogens is 859 g/mol. The van der Waals surface area contributed by atoms with E-state index < -0.39 is 17.7 Å². The molecule has 5 N–H and O–H groups in total. The molecule has 1 amide bonds. The van der Waals surface area contributed by atoms with E-state index in [1.165, 1.54) is 120 Å². The number of amides is 1. The summed E-state index contributed by atoms with van der Waals surface area (Å²) < 4.78 is 12.8. The van der Waals surface area contributed by atoms with Crippen molar-refractivity contribution in [2.24, 2.45) is 0 Å². The van der Waals surface area contributed by atoms with E-state index >= 15 is 0 Å². The zero-order valence-corrected chi connectivity index (χ0v) is 43.5. The maximum Gasteiger partial charge on any atom is 0.328 e. The van der Waals surface area contributed by atoms with Crippen LogP contribution in [0.15, 0.2) is 11.1 Å². The number of hydrogen-bond donors (Lipinski definition) is 4. The fraction of sp³-hybridized carbons (Fsp3) is 0.852. The second-order valence-electron chi connectivity index (χ2n) is 19.5. The first-order valence-corrected chi connectivity index (χ1v) is 27.9. The predicted octanol–water partition coefficient (Wildman–Crippen LogP) is 12.5. The van der Waals surface area contributed by atoms with Crippen LogP contribution in [0.1, 0.15) is 252 Å². The van der Waals surface area contributed by atoms with Crippen molar-refractivity contribution >= 4 is 35.1 Å². The highest BCUT2D eigenvalue weighted by molar-refractivity contribution is 5.86. The monoisotopic (exact) mass is 958 g/mol. The number of nitrogens with two attached hydrogens (primary N) is 1. The van der Waals surface area contributed by atoms with Crippen LogP contribution in [0, 0.1) is 0 Å². The number of aliphatic hydroxyl groups excluding tert-OH is 1. The molecule has 392 valence electrons. The van der Waals surface area contributed by atoms with Gasteiger partial charge >= 0.3 is 18.0 Å². The topological polar surface area (TPSA) is 195 Å². The Morgan fingerprint density at radius 1 is 0.662 bits per heavy atom. The van der Waals surface area contributed by atoms with Crippen molar-refractivity contribution in [3.05, 3.63) is 16.7 Å². The van der Waals surface area contributed by atoms with Gasteiger partial charge in [0.1, 0.15) is 12.4 Å².